The number of aliphatic imine (C=N–C) groups is 1. The number of benzene rings is 3. The molecule has 0 spiro atoms. The van der Waals surface area contributed by atoms with Gasteiger partial charge in [0.1, 0.15) is 0 Å². The normalized spacial score (nSPS) is 12.2. The van der Waals surface area contributed by atoms with Crippen molar-refractivity contribution in [2.45, 2.75) is 12.4 Å². The third-order valence-corrected chi connectivity index (χ3v) is 4.61. The minimum atomic E-state index is -4.81. The first-order valence-corrected chi connectivity index (χ1v) is 9.85. The molecule has 170 valence electrons. The Morgan fingerprint density at radius 2 is 1.33 bits per heavy atom. The standard InChI is InChI=1S/C23H12Cl2F6N2/c24-15-7-9-19(17(12-15)22(26,27)28)32-21(11-6-14-4-2-1-3-5-14)33-20-10-8-16(25)13-18(20)23(29,30)31/h1-5,7-10,12-13H,(H,32,33). The highest BCUT2D eigenvalue weighted by atomic mass is 35.5. The number of alkyl halides is 6. The van der Waals surface area contributed by atoms with E-state index in [4.69, 9.17) is 23.2 Å². The highest BCUT2D eigenvalue weighted by Crippen LogP contribution is 2.39. The number of nitrogens with zero attached hydrogens (tertiary/aromatic N) is 1. The maximum absolute atomic E-state index is 13.5. The Labute approximate surface area is 194 Å². The number of anilines is 1. The lowest BCUT2D eigenvalue weighted by Gasteiger charge is -2.15. The summed E-state index contributed by atoms with van der Waals surface area (Å²) in [6.45, 7) is 0. The van der Waals surface area contributed by atoms with Crippen molar-refractivity contribution in [3.05, 3.63) is 93.5 Å². The summed E-state index contributed by atoms with van der Waals surface area (Å²) in [5, 5.41) is 2.05. The molecule has 0 unspecified atom stereocenters. The second kappa shape index (κ2) is 9.77. The zero-order valence-corrected chi connectivity index (χ0v) is 17.8. The molecule has 0 fully saturated rings. The van der Waals surface area contributed by atoms with Gasteiger partial charge in [-0.05, 0) is 54.5 Å². The molecular formula is C23H12Cl2F6N2. The van der Waals surface area contributed by atoms with Crippen LogP contribution in [0.4, 0.5) is 37.7 Å². The van der Waals surface area contributed by atoms with Crippen LogP contribution in [0.1, 0.15) is 16.7 Å². The molecule has 0 saturated heterocycles. The van der Waals surface area contributed by atoms with Gasteiger partial charge in [0.2, 0.25) is 0 Å². The van der Waals surface area contributed by atoms with Gasteiger partial charge in [-0.15, -0.1) is 0 Å². The van der Waals surface area contributed by atoms with Crippen LogP contribution in [0.5, 0.6) is 0 Å². The van der Waals surface area contributed by atoms with Gasteiger partial charge in [0.25, 0.3) is 0 Å². The number of nitrogens with one attached hydrogen (secondary N) is 1. The zero-order chi connectivity index (χ0) is 24.2. The van der Waals surface area contributed by atoms with Crippen LogP contribution in [0.15, 0.2) is 71.7 Å². The van der Waals surface area contributed by atoms with Crippen LogP contribution in [0, 0.1) is 11.8 Å². The van der Waals surface area contributed by atoms with Crippen LogP contribution >= 0.6 is 23.2 Å². The van der Waals surface area contributed by atoms with E-state index >= 15 is 0 Å². The first-order valence-electron chi connectivity index (χ1n) is 9.10. The molecule has 0 aliphatic heterocycles. The Balaban J connectivity index is 2.15. The summed E-state index contributed by atoms with van der Waals surface area (Å²) in [5.74, 6) is 4.73. The molecule has 0 aliphatic carbocycles. The number of amidine groups is 1. The molecule has 0 aromatic heterocycles. The Kier molecular flexibility index (Phi) is 7.25. The molecule has 0 radical (unpaired) electrons. The molecule has 0 aliphatic rings. The molecule has 10 heteroatoms. The smallest absolute Gasteiger partial charge is 0.332 e. The molecule has 0 atom stereocenters. The van der Waals surface area contributed by atoms with Crippen molar-refractivity contribution in [3.8, 4) is 11.8 Å². The average molecular weight is 501 g/mol. The summed E-state index contributed by atoms with van der Waals surface area (Å²) in [5.41, 5.74) is -2.86. The topological polar surface area (TPSA) is 24.4 Å². The molecule has 3 rings (SSSR count). The lowest BCUT2D eigenvalue weighted by atomic mass is 10.1. The van der Waals surface area contributed by atoms with Gasteiger partial charge in [0.05, 0.1) is 22.5 Å². The SMILES string of the molecule is FC(F)(F)c1cc(Cl)ccc1N=C(C#Cc1ccccc1)Nc1ccc(Cl)cc1C(F)(F)F. The summed E-state index contributed by atoms with van der Waals surface area (Å²) in [6.07, 6.45) is -9.60. The molecule has 0 bridgehead atoms. The molecule has 33 heavy (non-hydrogen) atoms. The molecule has 3 aromatic rings. The van der Waals surface area contributed by atoms with E-state index in [0.717, 1.165) is 12.1 Å². The van der Waals surface area contributed by atoms with Gasteiger partial charge < -0.3 is 5.32 Å². The van der Waals surface area contributed by atoms with Crippen molar-refractivity contribution in [2.24, 2.45) is 4.99 Å². The lowest BCUT2D eigenvalue weighted by Crippen LogP contribution is -2.16. The fourth-order valence-electron chi connectivity index (χ4n) is 2.68. The van der Waals surface area contributed by atoms with E-state index in [0.29, 0.717) is 17.7 Å². The van der Waals surface area contributed by atoms with Gasteiger partial charge in [-0.3, -0.25) is 0 Å². The molecule has 1 N–H and O–H groups in total. The molecule has 0 heterocycles. The number of hydrogen-bond acceptors (Lipinski definition) is 1. The first kappa shape index (κ1) is 24.5. The molecule has 3 aromatic carbocycles. The van der Waals surface area contributed by atoms with Crippen molar-refractivity contribution in [1.82, 2.24) is 0 Å². The quantitative estimate of drug-likeness (QED) is 0.163. The van der Waals surface area contributed by atoms with Gasteiger partial charge in [0, 0.05) is 15.6 Å². The summed E-state index contributed by atoms with van der Waals surface area (Å²) in [4.78, 5) is 3.88. The Morgan fingerprint density at radius 1 is 0.758 bits per heavy atom. The minimum absolute atomic E-state index is 0.168. The summed E-state index contributed by atoms with van der Waals surface area (Å²) in [7, 11) is 0. The van der Waals surface area contributed by atoms with E-state index in [1.807, 2.05) is 0 Å². The predicted molar refractivity (Wildman–Crippen MR) is 117 cm³/mol. The Morgan fingerprint density at radius 3 is 1.94 bits per heavy atom. The summed E-state index contributed by atoms with van der Waals surface area (Å²) in [6, 6.07) is 14.1. The van der Waals surface area contributed by atoms with Crippen molar-refractivity contribution < 1.29 is 26.3 Å². The highest BCUT2D eigenvalue weighted by Gasteiger charge is 2.35. The monoisotopic (exact) mass is 500 g/mol. The zero-order valence-electron chi connectivity index (χ0n) is 16.3. The fraction of sp³-hybridized carbons (Fsp3) is 0.0870. The van der Waals surface area contributed by atoms with E-state index in [1.54, 1.807) is 30.3 Å². The average Bonchev–Trinajstić information content (AvgIpc) is 2.73. The van der Waals surface area contributed by atoms with Crippen LogP contribution in [-0.2, 0) is 12.4 Å². The molecule has 0 amide bonds. The maximum Gasteiger partial charge on any atom is 0.418 e. The Hall–Kier alpha value is -3.15. The first-order chi connectivity index (χ1) is 15.4. The van der Waals surface area contributed by atoms with Gasteiger partial charge in [-0.25, -0.2) is 4.99 Å². The van der Waals surface area contributed by atoms with Crippen molar-refractivity contribution in [2.75, 3.05) is 5.32 Å². The highest BCUT2D eigenvalue weighted by molar-refractivity contribution is 6.31. The predicted octanol–water partition coefficient (Wildman–Crippen LogP) is 8.22. The van der Waals surface area contributed by atoms with Crippen LogP contribution in [-0.4, -0.2) is 5.84 Å². The summed E-state index contributed by atoms with van der Waals surface area (Å²) >= 11 is 11.4. The molecule has 0 saturated carbocycles. The number of halogens is 8. The lowest BCUT2D eigenvalue weighted by molar-refractivity contribution is -0.137. The summed E-state index contributed by atoms with van der Waals surface area (Å²) < 4.78 is 80.9. The van der Waals surface area contributed by atoms with Crippen LogP contribution < -0.4 is 5.32 Å². The molecular weight excluding hydrogens is 489 g/mol. The second-order valence-corrected chi connectivity index (χ2v) is 7.42. The van der Waals surface area contributed by atoms with Crippen LogP contribution in [0.25, 0.3) is 0 Å². The second-order valence-electron chi connectivity index (χ2n) is 6.55. The molecule has 2 nitrogen and oxygen atoms in total. The van der Waals surface area contributed by atoms with Gasteiger partial charge in [0.15, 0.2) is 5.84 Å². The van der Waals surface area contributed by atoms with Crippen LogP contribution in [0.3, 0.4) is 0 Å². The number of rotatable bonds is 2. The van der Waals surface area contributed by atoms with E-state index < -0.39 is 40.7 Å². The van der Waals surface area contributed by atoms with Gasteiger partial charge >= 0.3 is 12.4 Å². The fourth-order valence-corrected chi connectivity index (χ4v) is 3.03. The minimum Gasteiger partial charge on any atom is -0.332 e. The van der Waals surface area contributed by atoms with Crippen molar-refractivity contribution in [1.29, 1.82) is 0 Å². The van der Waals surface area contributed by atoms with E-state index in [-0.39, 0.29) is 10.0 Å². The van der Waals surface area contributed by atoms with E-state index in [2.05, 4.69) is 22.2 Å². The van der Waals surface area contributed by atoms with Gasteiger partial charge in [-0.2, -0.15) is 26.3 Å². The van der Waals surface area contributed by atoms with Crippen molar-refractivity contribution in [3.63, 3.8) is 0 Å². The van der Waals surface area contributed by atoms with Crippen molar-refractivity contribution >= 4 is 40.4 Å². The maximum atomic E-state index is 13.5. The van der Waals surface area contributed by atoms with Gasteiger partial charge in [-0.1, -0.05) is 47.3 Å². The third-order valence-electron chi connectivity index (χ3n) is 4.14. The van der Waals surface area contributed by atoms with Crippen LogP contribution in [0.2, 0.25) is 10.0 Å². The van der Waals surface area contributed by atoms with E-state index in [9.17, 15) is 26.3 Å². The number of hydrogen-bond donors (Lipinski definition) is 1. The third kappa shape index (κ3) is 6.67. The van der Waals surface area contributed by atoms with E-state index in [1.165, 1.54) is 12.1 Å². The largest absolute Gasteiger partial charge is 0.418 e. The Bertz CT molecular complexity index is 1240.